The number of nitrogens with one attached hydrogen (secondary N) is 1. The molecule has 4 saturated carbocycles. The van der Waals surface area contributed by atoms with Gasteiger partial charge in [0.15, 0.2) is 5.69 Å². The lowest BCUT2D eigenvalue weighted by Gasteiger charge is -2.57. The first-order valence-electron chi connectivity index (χ1n) is 10.1. The summed E-state index contributed by atoms with van der Waals surface area (Å²) in [6.45, 7) is 0. The molecule has 0 unspecified atom stereocenters. The molecule has 1 aromatic heterocycles. The number of carboxylic acids is 1. The molecule has 27 heavy (non-hydrogen) atoms. The van der Waals surface area contributed by atoms with Crippen molar-refractivity contribution in [2.24, 2.45) is 23.2 Å². The maximum atomic E-state index is 11.8. The monoisotopic (exact) mass is 428 g/mol. The Morgan fingerprint density at radius 2 is 1.78 bits per heavy atom. The third kappa shape index (κ3) is 3.14. The first-order chi connectivity index (χ1) is 13.0. The van der Waals surface area contributed by atoms with E-state index in [0.29, 0.717) is 11.2 Å². The number of carbonyl (C=O) groups is 1. The van der Waals surface area contributed by atoms with Gasteiger partial charge in [0.25, 0.3) is 0 Å². The van der Waals surface area contributed by atoms with Gasteiger partial charge in [-0.15, -0.1) is 0 Å². The minimum atomic E-state index is -0.940. The summed E-state index contributed by atoms with van der Waals surface area (Å²) in [5.41, 5.74) is 2.32. The number of aryl methyl sites for hydroxylation is 1. The van der Waals surface area contributed by atoms with Crippen molar-refractivity contribution in [1.29, 1.82) is 0 Å². The van der Waals surface area contributed by atoms with E-state index in [9.17, 15) is 9.90 Å². The molecular formula is C22H25BrN2O2. The minimum Gasteiger partial charge on any atom is -0.476 e. The van der Waals surface area contributed by atoms with E-state index < -0.39 is 5.97 Å². The number of aromatic nitrogens is 2. The van der Waals surface area contributed by atoms with Crippen molar-refractivity contribution in [2.75, 3.05) is 0 Å². The number of H-pyrrole nitrogens is 1. The zero-order valence-electron chi connectivity index (χ0n) is 15.4. The number of halogens is 1. The van der Waals surface area contributed by atoms with Gasteiger partial charge in [-0.1, -0.05) is 34.1 Å². The molecule has 4 fully saturated rings. The van der Waals surface area contributed by atoms with Crippen molar-refractivity contribution in [3.05, 3.63) is 40.1 Å². The molecule has 4 aliphatic rings. The molecule has 4 bridgehead atoms. The van der Waals surface area contributed by atoms with Crippen LogP contribution in [0, 0.1) is 23.2 Å². The Morgan fingerprint density at radius 1 is 1.15 bits per heavy atom. The summed E-state index contributed by atoms with van der Waals surface area (Å²) in [6.07, 6.45) is 10.3. The number of hydrogen-bond donors (Lipinski definition) is 2. The van der Waals surface area contributed by atoms with Crippen LogP contribution in [0.4, 0.5) is 0 Å². The van der Waals surface area contributed by atoms with Crippen molar-refractivity contribution < 1.29 is 9.90 Å². The highest BCUT2D eigenvalue weighted by atomic mass is 79.9. The molecule has 2 N–H and O–H groups in total. The van der Waals surface area contributed by atoms with Gasteiger partial charge in [0.05, 0.1) is 0 Å². The number of aromatic carboxylic acids is 1. The minimum absolute atomic E-state index is 0.186. The highest BCUT2D eigenvalue weighted by Gasteiger charge is 2.50. The van der Waals surface area contributed by atoms with Crippen LogP contribution >= 0.6 is 15.9 Å². The third-order valence-electron chi connectivity index (χ3n) is 7.18. The second-order valence-corrected chi connectivity index (χ2v) is 9.97. The standard InChI is InChI=1S/C22H25BrN2O2/c23-17-4-2-1-3-16(17)20-24-18(19(25-20)21(26)27)5-6-22-10-13-7-14(11-22)9-15(8-13)12-22/h1-4,13-15H,5-12H2,(H,24,25)(H,26,27). The Morgan fingerprint density at radius 3 is 2.37 bits per heavy atom. The normalized spacial score (nSPS) is 31.4. The number of nitrogens with zero attached hydrogens (tertiary/aromatic N) is 1. The number of hydrogen-bond acceptors (Lipinski definition) is 2. The summed E-state index contributed by atoms with van der Waals surface area (Å²) < 4.78 is 0.920. The van der Waals surface area contributed by atoms with Crippen molar-refractivity contribution in [3.63, 3.8) is 0 Å². The van der Waals surface area contributed by atoms with E-state index in [1.54, 1.807) is 0 Å². The smallest absolute Gasteiger partial charge is 0.356 e. The fourth-order valence-corrected chi connectivity index (χ4v) is 7.01. The van der Waals surface area contributed by atoms with Gasteiger partial charge in [-0.2, -0.15) is 0 Å². The summed E-state index contributed by atoms with van der Waals surface area (Å²) in [5, 5.41) is 9.66. The summed E-state index contributed by atoms with van der Waals surface area (Å²) >= 11 is 3.54. The van der Waals surface area contributed by atoms with Gasteiger partial charge >= 0.3 is 5.97 Å². The van der Waals surface area contributed by atoms with Crippen LogP contribution in [0.3, 0.4) is 0 Å². The Hall–Kier alpha value is -1.62. The quantitative estimate of drug-likeness (QED) is 0.642. The zero-order chi connectivity index (χ0) is 18.6. The third-order valence-corrected chi connectivity index (χ3v) is 7.87. The number of carboxylic acid groups (broad SMARTS) is 1. The molecule has 0 aliphatic heterocycles. The van der Waals surface area contributed by atoms with Crippen molar-refractivity contribution in [3.8, 4) is 11.4 Å². The first kappa shape index (κ1) is 17.5. The van der Waals surface area contributed by atoms with E-state index in [1.807, 2.05) is 24.3 Å². The Kier molecular flexibility index (Phi) is 4.19. The predicted molar refractivity (Wildman–Crippen MR) is 108 cm³/mol. The molecule has 0 amide bonds. The average molecular weight is 429 g/mol. The number of aromatic amines is 1. The molecule has 5 heteroatoms. The molecule has 1 heterocycles. The van der Waals surface area contributed by atoms with E-state index in [1.165, 1.54) is 38.5 Å². The van der Waals surface area contributed by atoms with E-state index in [2.05, 4.69) is 25.9 Å². The molecule has 4 nitrogen and oxygen atoms in total. The van der Waals surface area contributed by atoms with E-state index >= 15 is 0 Å². The van der Waals surface area contributed by atoms with Crippen LogP contribution in [0.1, 0.15) is 61.1 Å². The fourth-order valence-electron chi connectivity index (χ4n) is 6.53. The van der Waals surface area contributed by atoms with E-state index in [0.717, 1.165) is 46.3 Å². The largest absolute Gasteiger partial charge is 0.476 e. The molecular weight excluding hydrogens is 404 g/mol. The van der Waals surface area contributed by atoms with E-state index in [-0.39, 0.29) is 5.69 Å². The molecule has 4 aliphatic carbocycles. The lowest BCUT2D eigenvalue weighted by Crippen LogP contribution is -2.46. The average Bonchev–Trinajstić information content (AvgIpc) is 3.04. The van der Waals surface area contributed by atoms with Gasteiger partial charge in [0.1, 0.15) is 5.82 Å². The predicted octanol–water partition coefficient (Wildman–Crippen LogP) is 5.69. The summed E-state index contributed by atoms with van der Waals surface area (Å²) in [7, 11) is 0. The van der Waals surface area contributed by atoms with Gasteiger partial charge in [-0.05, 0) is 80.6 Å². The number of rotatable bonds is 5. The molecule has 0 radical (unpaired) electrons. The SMILES string of the molecule is O=C(O)c1nc(-c2ccccc2Br)[nH]c1CCC12CC3CC(CC(C3)C1)C2. The number of imidazole rings is 1. The van der Waals surface area contributed by atoms with Crippen LogP contribution in [-0.4, -0.2) is 21.0 Å². The summed E-state index contributed by atoms with van der Waals surface area (Å²) in [4.78, 5) is 19.5. The second-order valence-electron chi connectivity index (χ2n) is 9.12. The number of benzene rings is 1. The van der Waals surface area contributed by atoms with Gasteiger partial charge in [0.2, 0.25) is 0 Å². The zero-order valence-corrected chi connectivity index (χ0v) is 17.0. The van der Waals surface area contributed by atoms with Gasteiger partial charge in [-0.25, -0.2) is 9.78 Å². The summed E-state index contributed by atoms with van der Waals surface area (Å²) in [5.74, 6) is 2.47. The van der Waals surface area contributed by atoms with Crippen LogP contribution < -0.4 is 0 Å². The highest BCUT2D eigenvalue weighted by Crippen LogP contribution is 2.61. The van der Waals surface area contributed by atoms with Crippen LogP contribution in [0.25, 0.3) is 11.4 Å². The molecule has 6 rings (SSSR count). The fraction of sp³-hybridized carbons (Fsp3) is 0.545. The topological polar surface area (TPSA) is 66.0 Å². The lowest BCUT2D eigenvalue weighted by atomic mass is 9.48. The molecule has 1 aromatic carbocycles. The van der Waals surface area contributed by atoms with Crippen LogP contribution in [-0.2, 0) is 6.42 Å². The van der Waals surface area contributed by atoms with Crippen molar-refractivity contribution in [2.45, 2.75) is 51.4 Å². The Labute approximate surface area is 167 Å². The van der Waals surface area contributed by atoms with Crippen LogP contribution in [0.15, 0.2) is 28.7 Å². The molecule has 0 atom stereocenters. The van der Waals surface area contributed by atoms with Crippen LogP contribution in [0.2, 0.25) is 0 Å². The van der Waals surface area contributed by atoms with Gasteiger partial charge in [0, 0.05) is 15.7 Å². The molecule has 0 spiro atoms. The highest BCUT2D eigenvalue weighted by molar-refractivity contribution is 9.10. The van der Waals surface area contributed by atoms with Crippen molar-refractivity contribution in [1.82, 2.24) is 9.97 Å². The first-order valence-corrected chi connectivity index (χ1v) is 10.9. The lowest BCUT2D eigenvalue weighted by molar-refractivity contribution is -0.0571. The maximum Gasteiger partial charge on any atom is 0.356 e. The maximum absolute atomic E-state index is 11.8. The summed E-state index contributed by atoms with van der Waals surface area (Å²) in [6, 6.07) is 7.80. The molecule has 0 saturated heterocycles. The molecule has 2 aromatic rings. The van der Waals surface area contributed by atoms with Gasteiger partial charge in [-0.3, -0.25) is 0 Å². The van der Waals surface area contributed by atoms with E-state index in [4.69, 9.17) is 0 Å². The Bertz CT molecular complexity index is 853. The molecule has 142 valence electrons. The Balaban J connectivity index is 1.40. The van der Waals surface area contributed by atoms with Crippen molar-refractivity contribution >= 4 is 21.9 Å². The van der Waals surface area contributed by atoms with Gasteiger partial charge < -0.3 is 10.1 Å². The van der Waals surface area contributed by atoms with Crippen LogP contribution in [0.5, 0.6) is 0 Å². The second kappa shape index (κ2) is 6.47.